The Bertz CT molecular complexity index is 723. The van der Waals surface area contributed by atoms with Crippen LogP contribution < -0.4 is 5.32 Å². The third kappa shape index (κ3) is 4.86. The van der Waals surface area contributed by atoms with E-state index >= 15 is 0 Å². The van der Waals surface area contributed by atoms with E-state index in [-0.39, 0.29) is 5.56 Å². The zero-order valence-electron chi connectivity index (χ0n) is 14.3. The van der Waals surface area contributed by atoms with Crippen molar-refractivity contribution in [2.75, 3.05) is 19.6 Å². The number of rotatable bonds is 5. The van der Waals surface area contributed by atoms with Gasteiger partial charge >= 0.3 is 6.18 Å². The van der Waals surface area contributed by atoms with Gasteiger partial charge in [0.1, 0.15) is 0 Å². The van der Waals surface area contributed by atoms with Crippen LogP contribution >= 0.6 is 11.3 Å². The lowest BCUT2D eigenvalue weighted by Gasteiger charge is -2.31. The van der Waals surface area contributed by atoms with E-state index in [1.807, 2.05) is 0 Å². The Morgan fingerprint density at radius 2 is 1.92 bits per heavy atom. The molecule has 0 atom stereocenters. The van der Waals surface area contributed by atoms with Crippen molar-refractivity contribution in [3.63, 3.8) is 0 Å². The van der Waals surface area contributed by atoms with Gasteiger partial charge in [0.15, 0.2) is 0 Å². The van der Waals surface area contributed by atoms with Gasteiger partial charge in [-0.2, -0.15) is 24.5 Å². The summed E-state index contributed by atoms with van der Waals surface area (Å²) in [6, 6.07) is 7.03. The number of likely N-dealkylation sites (tertiary alicyclic amines) is 1. The van der Waals surface area contributed by atoms with Gasteiger partial charge in [-0.1, -0.05) is 12.1 Å². The number of carbonyl (C=O) groups is 1. The van der Waals surface area contributed by atoms with Crippen LogP contribution in [0.3, 0.4) is 0 Å². The molecule has 0 unspecified atom stereocenters. The summed E-state index contributed by atoms with van der Waals surface area (Å²) in [5, 5.41) is 6.89. The highest BCUT2D eigenvalue weighted by Gasteiger charge is 2.34. The van der Waals surface area contributed by atoms with Crippen LogP contribution in [0.25, 0.3) is 0 Å². The van der Waals surface area contributed by atoms with E-state index in [4.69, 9.17) is 0 Å². The Labute approximate surface area is 154 Å². The van der Waals surface area contributed by atoms with Gasteiger partial charge in [0.2, 0.25) is 0 Å². The Balaban J connectivity index is 1.49. The fourth-order valence-electron chi connectivity index (χ4n) is 3.25. The van der Waals surface area contributed by atoms with Gasteiger partial charge in [-0.3, -0.25) is 9.69 Å². The molecular weight excluding hydrogens is 361 g/mol. The van der Waals surface area contributed by atoms with Crippen molar-refractivity contribution in [2.45, 2.75) is 25.6 Å². The monoisotopic (exact) mass is 382 g/mol. The number of alkyl halides is 3. The van der Waals surface area contributed by atoms with Crippen LogP contribution in [0.1, 0.15) is 34.3 Å². The van der Waals surface area contributed by atoms with Gasteiger partial charge < -0.3 is 5.32 Å². The molecule has 0 spiro atoms. The molecule has 2 aromatic rings. The first-order chi connectivity index (χ1) is 12.4. The van der Waals surface area contributed by atoms with E-state index < -0.39 is 17.6 Å². The average Bonchev–Trinajstić information content (AvgIpc) is 3.13. The molecule has 1 amide bonds. The largest absolute Gasteiger partial charge is 0.417 e. The van der Waals surface area contributed by atoms with Crippen molar-refractivity contribution in [2.24, 2.45) is 5.92 Å². The third-order valence-corrected chi connectivity index (χ3v) is 5.45. The van der Waals surface area contributed by atoms with Gasteiger partial charge in [-0.05, 0) is 66.4 Å². The van der Waals surface area contributed by atoms with E-state index in [9.17, 15) is 18.0 Å². The van der Waals surface area contributed by atoms with Gasteiger partial charge in [0, 0.05) is 13.1 Å². The zero-order chi connectivity index (χ0) is 18.6. The molecule has 1 N–H and O–H groups in total. The number of thiophene rings is 1. The summed E-state index contributed by atoms with van der Waals surface area (Å²) < 4.78 is 39.1. The molecule has 1 fully saturated rings. The van der Waals surface area contributed by atoms with E-state index in [1.165, 1.54) is 23.8 Å². The number of carbonyl (C=O) groups excluding carboxylic acids is 1. The second-order valence-electron chi connectivity index (χ2n) is 6.60. The van der Waals surface area contributed by atoms with Crippen molar-refractivity contribution < 1.29 is 18.0 Å². The van der Waals surface area contributed by atoms with Crippen LogP contribution in [0.15, 0.2) is 41.1 Å². The molecule has 0 aliphatic carbocycles. The first-order valence-electron chi connectivity index (χ1n) is 8.61. The third-order valence-electron chi connectivity index (χ3n) is 4.72. The molecule has 2 heterocycles. The molecule has 3 rings (SSSR count). The summed E-state index contributed by atoms with van der Waals surface area (Å²) in [6.07, 6.45) is -2.66. The summed E-state index contributed by atoms with van der Waals surface area (Å²) in [7, 11) is 0. The second-order valence-corrected chi connectivity index (χ2v) is 7.38. The van der Waals surface area contributed by atoms with Crippen LogP contribution in [-0.2, 0) is 12.7 Å². The van der Waals surface area contributed by atoms with Gasteiger partial charge in [-0.25, -0.2) is 0 Å². The SMILES string of the molecule is O=C(NCC1CCN(Cc2ccsc2)CC1)c1ccccc1C(F)(F)F. The van der Waals surface area contributed by atoms with Gasteiger partial charge in [0.05, 0.1) is 11.1 Å². The number of hydrogen-bond donors (Lipinski definition) is 1. The number of piperidine rings is 1. The predicted octanol–water partition coefficient (Wildman–Crippen LogP) is 4.41. The molecule has 1 aromatic carbocycles. The van der Waals surface area contributed by atoms with E-state index in [2.05, 4.69) is 27.0 Å². The molecule has 140 valence electrons. The number of hydrogen-bond acceptors (Lipinski definition) is 3. The molecule has 3 nitrogen and oxygen atoms in total. The fourth-order valence-corrected chi connectivity index (χ4v) is 3.91. The molecule has 0 saturated carbocycles. The second kappa shape index (κ2) is 8.22. The van der Waals surface area contributed by atoms with Crippen molar-refractivity contribution in [3.05, 3.63) is 57.8 Å². The number of nitrogens with zero attached hydrogens (tertiary/aromatic N) is 1. The maximum atomic E-state index is 13.0. The van der Waals surface area contributed by atoms with Crippen LogP contribution in [0.5, 0.6) is 0 Å². The van der Waals surface area contributed by atoms with Crippen molar-refractivity contribution in [1.29, 1.82) is 0 Å². The standard InChI is InChI=1S/C19H21F3N2OS/c20-19(21,22)17-4-2-1-3-16(17)18(25)23-11-14-5-8-24(9-6-14)12-15-7-10-26-13-15/h1-4,7,10,13-14H,5-6,8-9,11-12H2,(H,23,25). The van der Waals surface area contributed by atoms with E-state index in [0.29, 0.717) is 12.5 Å². The summed E-state index contributed by atoms with van der Waals surface area (Å²) in [6.45, 7) is 3.23. The lowest BCUT2D eigenvalue weighted by molar-refractivity contribution is -0.137. The first-order valence-corrected chi connectivity index (χ1v) is 9.55. The molecule has 0 radical (unpaired) electrons. The van der Waals surface area contributed by atoms with Crippen molar-refractivity contribution >= 4 is 17.2 Å². The molecule has 1 aromatic heterocycles. The lowest BCUT2D eigenvalue weighted by Crippen LogP contribution is -2.38. The van der Waals surface area contributed by atoms with Gasteiger partial charge in [0.25, 0.3) is 5.91 Å². The molecule has 1 saturated heterocycles. The summed E-state index contributed by atoms with van der Waals surface area (Å²) in [5.41, 5.74) is 0.114. The Morgan fingerprint density at radius 3 is 2.58 bits per heavy atom. The lowest BCUT2D eigenvalue weighted by atomic mass is 9.96. The molecule has 0 bridgehead atoms. The quantitative estimate of drug-likeness (QED) is 0.831. The Kier molecular flexibility index (Phi) is 5.98. The Hall–Kier alpha value is -1.86. The minimum absolute atomic E-state index is 0.302. The van der Waals surface area contributed by atoms with Gasteiger partial charge in [-0.15, -0.1) is 0 Å². The number of halogens is 3. The molecule has 26 heavy (non-hydrogen) atoms. The molecule has 7 heteroatoms. The normalized spacial score (nSPS) is 16.6. The maximum absolute atomic E-state index is 13.0. The van der Waals surface area contributed by atoms with Crippen LogP contribution in [0, 0.1) is 5.92 Å². The highest BCUT2D eigenvalue weighted by molar-refractivity contribution is 7.07. The number of benzene rings is 1. The minimum Gasteiger partial charge on any atom is -0.352 e. The summed E-state index contributed by atoms with van der Waals surface area (Å²) in [4.78, 5) is 14.6. The first kappa shape index (κ1) is 18.9. The summed E-state index contributed by atoms with van der Waals surface area (Å²) >= 11 is 1.69. The molecular formula is C19H21F3N2OS. The zero-order valence-corrected chi connectivity index (χ0v) is 15.1. The summed E-state index contributed by atoms with van der Waals surface area (Å²) in [5.74, 6) is -0.352. The maximum Gasteiger partial charge on any atom is 0.417 e. The van der Waals surface area contributed by atoms with Crippen molar-refractivity contribution in [3.8, 4) is 0 Å². The molecule has 1 aliphatic heterocycles. The topological polar surface area (TPSA) is 32.3 Å². The Morgan fingerprint density at radius 1 is 1.19 bits per heavy atom. The average molecular weight is 382 g/mol. The van der Waals surface area contributed by atoms with E-state index in [0.717, 1.165) is 38.5 Å². The van der Waals surface area contributed by atoms with E-state index in [1.54, 1.807) is 11.3 Å². The number of nitrogens with one attached hydrogen (secondary N) is 1. The molecule has 1 aliphatic rings. The van der Waals surface area contributed by atoms with Crippen molar-refractivity contribution in [1.82, 2.24) is 10.2 Å². The fraction of sp³-hybridized carbons (Fsp3) is 0.421. The highest BCUT2D eigenvalue weighted by Crippen LogP contribution is 2.31. The number of amides is 1. The van der Waals surface area contributed by atoms with Crippen LogP contribution in [0.2, 0.25) is 0 Å². The minimum atomic E-state index is -4.53. The predicted molar refractivity (Wildman–Crippen MR) is 96.1 cm³/mol. The van der Waals surface area contributed by atoms with Crippen LogP contribution in [0.4, 0.5) is 13.2 Å². The highest BCUT2D eigenvalue weighted by atomic mass is 32.1. The smallest absolute Gasteiger partial charge is 0.352 e. The van der Waals surface area contributed by atoms with Crippen LogP contribution in [-0.4, -0.2) is 30.4 Å².